The summed E-state index contributed by atoms with van der Waals surface area (Å²) in [5, 5.41) is 14.2. The van der Waals surface area contributed by atoms with Crippen LogP contribution in [-0.4, -0.2) is 69.9 Å². The molecule has 4 aromatic heterocycles. The standard InChI is InChI=1S/C29H30N8O/c1-19-13-34(14-19)23-8-26(29-22(9-30)12-33-37(29)18-23)21-4-5-27(31-11-21)35-16-24-7-25(17-35)36(24)15-20-3-6-28(38-2)32-10-20/h3-6,8,10-12,18-19,24-25H,7,13-17H2,1-2H3. The van der Waals surface area contributed by atoms with Gasteiger partial charge in [0.25, 0.3) is 0 Å². The van der Waals surface area contributed by atoms with E-state index in [2.05, 4.69) is 62.0 Å². The average Bonchev–Trinajstić information content (AvgIpc) is 3.37. The second kappa shape index (κ2) is 8.99. The Balaban J connectivity index is 1.10. The third kappa shape index (κ3) is 3.84. The Hall–Kier alpha value is -4.16. The number of piperidine rings is 1. The molecule has 2 unspecified atom stereocenters. The molecule has 0 saturated carbocycles. The lowest BCUT2D eigenvalue weighted by Gasteiger charge is -2.56. The summed E-state index contributed by atoms with van der Waals surface area (Å²) in [4.78, 5) is 16.6. The van der Waals surface area contributed by atoms with Crippen LogP contribution in [0.2, 0.25) is 0 Å². The van der Waals surface area contributed by atoms with E-state index in [9.17, 15) is 5.26 Å². The number of piperazine rings is 1. The fraction of sp³-hybridized carbons (Fsp3) is 0.379. The number of aromatic nitrogens is 4. The van der Waals surface area contributed by atoms with Crippen LogP contribution >= 0.6 is 0 Å². The smallest absolute Gasteiger partial charge is 0.212 e. The van der Waals surface area contributed by atoms with Gasteiger partial charge in [0.05, 0.1) is 36.3 Å². The summed E-state index contributed by atoms with van der Waals surface area (Å²) in [7, 11) is 1.64. The summed E-state index contributed by atoms with van der Waals surface area (Å²) >= 11 is 0. The molecule has 0 aliphatic carbocycles. The Morgan fingerprint density at radius 3 is 2.50 bits per heavy atom. The molecule has 8 heterocycles. The first-order valence-corrected chi connectivity index (χ1v) is 13.2. The molecule has 4 fully saturated rings. The van der Waals surface area contributed by atoms with Gasteiger partial charge in [-0.15, -0.1) is 0 Å². The number of anilines is 2. The molecule has 0 N–H and O–H groups in total. The Morgan fingerprint density at radius 2 is 1.84 bits per heavy atom. The van der Waals surface area contributed by atoms with Gasteiger partial charge in [0.2, 0.25) is 5.88 Å². The number of pyridine rings is 3. The second-order valence-corrected chi connectivity index (χ2v) is 10.8. The molecule has 0 amide bonds. The van der Waals surface area contributed by atoms with Gasteiger partial charge < -0.3 is 14.5 Å². The summed E-state index contributed by atoms with van der Waals surface area (Å²) in [5.41, 5.74) is 5.76. The summed E-state index contributed by atoms with van der Waals surface area (Å²) in [6, 6.07) is 13.8. The van der Waals surface area contributed by atoms with E-state index in [-0.39, 0.29) is 0 Å². The molecular formula is C29H30N8O. The molecule has 2 atom stereocenters. The van der Waals surface area contributed by atoms with Gasteiger partial charge in [0, 0.05) is 74.4 Å². The van der Waals surface area contributed by atoms with Crippen molar-refractivity contribution < 1.29 is 4.74 Å². The number of hydrogen-bond acceptors (Lipinski definition) is 8. The van der Waals surface area contributed by atoms with E-state index in [0.29, 0.717) is 29.4 Å². The van der Waals surface area contributed by atoms with Crippen LogP contribution in [0.25, 0.3) is 16.6 Å². The first-order valence-electron chi connectivity index (χ1n) is 13.2. The van der Waals surface area contributed by atoms with Gasteiger partial charge >= 0.3 is 0 Å². The predicted molar refractivity (Wildman–Crippen MR) is 145 cm³/mol. The van der Waals surface area contributed by atoms with Gasteiger partial charge in [0.15, 0.2) is 0 Å². The van der Waals surface area contributed by atoms with Crippen molar-refractivity contribution in [3.63, 3.8) is 0 Å². The number of methoxy groups -OCH3 is 1. The monoisotopic (exact) mass is 506 g/mol. The van der Waals surface area contributed by atoms with Gasteiger partial charge in [-0.3, -0.25) is 4.90 Å². The van der Waals surface area contributed by atoms with E-state index in [1.807, 2.05) is 29.2 Å². The van der Waals surface area contributed by atoms with Crippen LogP contribution in [0.3, 0.4) is 0 Å². The number of nitriles is 1. The number of rotatable bonds is 6. The highest BCUT2D eigenvalue weighted by Crippen LogP contribution is 2.37. The number of hydrogen-bond donors (Lipinski definition) is 0. The second-order valence-electron chi connectivity index (χ2n) is 10.8. The Kier molecular flexibility index (Phi) is 5.44. The molecule has 192 valence electrons. The fourth-order valence-corrected chi connectivity index (χ4v) is 6.19. The highest BCUT2D eigenvalue weighted by molar-refractivity contribution is 5.86. The molecule has 4 aliphatic rings. The molecule has 8 rings (SSSR count). The maximum Gasteiger partial charge on any atom is 0.212 e. The van der Waals surface area contributed by atoms with E-state index in [1.165, 1.54) is 12.0 Å². The highest BCUT2D eigenvalue weighted by atomic mass is 16.5. The molecule has 9 nitrogen and oxygen atoms in total. The Morgan fingerprint density at radius 1 is 1.00 bits per heavy atom. The van der Waals surface area contributed by atoms with Crippen LogP contribution in [-0.2, 0) is 6.54 Å². The van der Waals surface area contributed by atoms with Crippen LogP contribution in [0.4, 0.5) is 11.5 Å². The lowest BCUT2D eigenvalue weighted by molar-refractivity contribution is -0.00876. The zero-order chi connectivity index (χ0) is 25.8. The van der Waals surface area contributed by atoms with Gasteiger partial charge in [-0.2, -0.15) is 10.4 Å². The van der Waals surface area contributed by atoms with Crippen molar-refractivity contribution in [3.8, 4) is 23.1 Å². The summed E-state index contributed by atoms with van der Waals surface area (Å²) in [6.07, 6.45) is 8.77. The summed E-state index contributed by atoms with van der Waals surface area (Å²) < 4.78 is 7.02. The minimum atomic E-state index is 0.525. The Labute approximate surface area is 221 Å². The molecule has 4 saturated heterocycles. The van der Waals surface area contributed by atoms with Gasteiger partial charge in [-0.25, -0.2) is 14.5 Å². The first kappa shape index (κ1) is 23.0. The lowest BCUT2D eigenvalue weighted by Crippen LogP contribution is -2.68. The van der Waals surface area contributed by atoms with Crippen molar-refractivity contribution in [2.45, 2.75) is 32.0 Å². The fourth-order valence-electron chi connectivity index (χ4n) is 6.19. The van der Waals surface area contributed by atoms with Gasteiger partial charge in [0.1, 0.15) is 11.9 Å². The molecule has 4 aromatic rings. The van der Waals surface area contributed by atoms with Gasteiger partial charge in [-0.05, 0) is 36.1 Å². The van der Waals surface area contributed by atoms with Crippen molar-refractivity contribution in [2.75, 3.05) is 43.1 Å². The molecule has 4 aliphatic heterocycles. The molecule has 0 radical (unpaired) electrons. The minimum Gasteiger partial charge on any atom is -0.481 e. The van der Waals surface area contributed by atoms with Crippen LogP contribution in [0, 0.1) is 17.2 Å². The van der Waals surface area contributed by atoms with Crippen LogP contribution in [0.1, 0.15) is 24.5 Å². The lowest BCUT2D eigenvalue weighted by atomic mass is 9.87. The van der Waals surface area contributed by atoms with Crippen LogP contribution in [0.5, 0.6) is 5.88 Å². The van der Waals surface area contributed by atoms with E-state index in [4.69, 9.17) is 9.72 Å². The highest BCUT2D eigenvalue weighted by Gasteiger charge is 2.44. The van der Waals surface area contributed by atoms with Gasteiger partial charge in [-0.1, -0.05) is 13.0 Å². The van der Waals surface area contributed by atoms with Crippen LogP contribution < -0.4 is 14.5 Å². The molecule has 9 heteroatoms. The van der Waals surface area contributed by atoms with Crippen molar-refractivity contribution >= 4 is 17.0 Å². The SMILES string of the molecule is COc1ccc(CN2C3CC2CN(c2ccc(-c4cc(N5CC(C)C5)cn5ncc(C#N)c45)cn2)C3)cn1. The quantitative estimate of drug-likeness (QED) is 0.392. The van der Waals surface area contributed by atoms with E-state index >= 15 is 0 Å². The third-order valence-electron chi connectivity index (χ3n) is 8.25. The normalized spacial score (nSPS) is 21.2. The van der Waals surface area contributed by atoms with Crippen molar-refractivity contribution in [1.82, 2.24) is 24.5 Å². The largest absolute Gasteiger partial charge is 0.481 e. The number of nitrogens with zero attached hydrogens (tertiary/aromatic N) is 8. The van der Waals surface area contributed by atoms with Crippen molar-refractivity contribution in [1.29, 1.82) is 5.26 Å². The summed E-state index contributed by atoms with van der Waals surface area (Å²) in [5.74, 6) is 2.35. The van der Waals surface area contributed by atoms with E-state index < -0.39 is 0 Å². The maximum absolute atomic E-state index is 9.70. The zero-order valence-corrected chi connectivity index (χ0v) is 21.7. The van der Waals surface area contributed by atoms with E-state index in [0.717, 1.165) is 60.9 Å². The topological polar surface area (TPSA) is 85.8 Å². The predicted octanol–water partition coefficient (Wildman–Crippen LogP) is 3.59. The van der Waals surface area contributed by atoms with E-state index in [1.54, 1.807) is 13.3 Å². The number of fused-ring (bicyclic) bond motifs is 3. The van der Waals surface area contributed by atoms with Crippen molar-refractivity contribution in [2.24, 2.45) is 5.92 Å². The first-order chi connectivity index (χ1) is 18.6. The molecule has 2 bridgehead atoms. The molecule has 0 spiro atoms. The van der Waals surface area contributed by atoms with Crippen LogP contribution in [0.15, 0.2) is 55.1 Å². The average molecular weight is 507 g/mol. The zero-order valence-electron chi connectivity index (χ0n) is 21.7. The molecule has 0 aromatic carbocycles. The number of ether oxygens (including phenoxy) is 1. The molecular weight excluding hydrogens is 476 g/mol. The maximum atomic E-state index is 9.70. The minimum absolute atomic E-state index is 0.525. The summed E-state index contributed by atoms with van der Waals surface area (Å²) in [6.45, 7) is 7.21. The molecule has 38 heavy (non-hydrogen) atoms. The third-order valence-corrected chi connectivity index (χ3v) is 8.25. The van der Waals surface area contributed by atoms with Crippen molar-refractivity contribution in [3.05, 3.63) is 66.2 Å². The Bertz CT molecular complexity index is 1510.